The fourth-order valence-corrected chi connectivity index (χ4v) is 6.87. The molecule has 0 radical (unpaired) electrons. The number of nitrogens with one attached hydrogen (secondary N) is 1. The Hall–Kier alpha value is -5.88. The number of aromatic nitrogens is 2. The average molecular weight is 675 g/mol. The van der Waals surface area contributed by atoms with Crippen molar-refractivity contribution < 1.29 is 19.5 Å². The van der Waals surface area contributed by atoms with Crippen molar-refractivity contribution in [3.8, 4) is 5.75 Å². The number of hydrazine groups is 1. The molecule has 5 aromatic rings. The first-order valence-corrected chi connectivity index (χ1v) is 16.2. The van der Waals surface area contributed by atoms with Crippen molar-refractivity contribution in [2.75, 3.05) is 25.9 Å². The molecule has 0 saturated carbocycles. The van der Waals surface area contributed by atoms with Crippen LogP contribution in [0.5, 0.6) is 5.75 Å². The lowest BCUT2D eigenvalue weighted by molar-refractivity contribution is -0.187. The van der Waals surface area contributed by atoms with Crippen molar-refractivity contribution in [1.29, 1.82) is 0 Å². The normalized spacial score (nSPS) is 17.8. The van der Waals surface area contributed by atoms with E-state index in [1.54, 1.807) is 57.3 Å². The summed E-state index contributed by atoms with van der Waals surface area (Å²) in [6.45, 7) is 1.05. The van der Waals surface area contributed by atoms with Crippen molar-refractivity contribution >= 4 is 34.4 Å². The summed E-state index contributed by atoms with van der Waals surface area (Å²) in [5.74, 6) is -0.351. The summed E-state index contributed by atoms with van der Waals surface area (Å²) >= 11 is 0. The summed E-state index contributed by atoms with van der Waals surface area (Å²) in [5, 5.41) is 21.7. The third kappa shape index (κ3) is 6.70. The van der Waals surface area contributed by atoms with E-state index in [9.17, 15) is 19.5 Å². The molecule has 258 valence electrons. The highest BCUT2D eigenvalue weighted by Gasteiger charge is 2.50. The first-order valence-electron chi connectivity index (χ1n) is 16.2. The monoisotopic (exact) mass is 674 g/mol. The SMILES string of the molecule is C.CN1CC(=O)N2[C@@H](Cc3ccc(O)cc3)C(=O)N(Cc3cccc4cnn(Cc5ccccc5N)c34)C[C@@H]2N1C(=O)NCc1ccccc1. The van der Waals surface area contributed by atoms with Gasteiger partial charge in [-0.1, -0.05) is 86.3 Å². The van der Waals surface area contributed by atoms with Crippen LogP contribution in [0.3, 0.4) is 0 Å². The van der Waals surface area contributed by atoms with Crippen LogP contribution in [0, 0.1) is 0 Å². The van der Waals surface area contributed by atoms with Crippen LogP contribution < -0.4 is 11.1 Å². The first kappa shape index (κ1) is 34.0. The minimum Gasteiger partial charge on any atom is -0.508 e. The standard InChI is InChI=1S/C37H38N8O4.CH4/c1-41-24-34(47)44-32(18-25-14-16-30(46)17-15-25)36(48)42(23-33(44)45(41)37(49)39-19-26-8-3-2-4-9-26)21-29-12-7-11-27-20-40-43(35(27)29)22-28-10-5-6-13-31(28)38;/h2-17,20,32-33,46H,18-19,21-24,38H2,1H3,(H,39,49);1H4/t32-,33-;/m0./s1. The smallest absolute Gasteiger partial charge is 0.334 e. The van der Waals surface area contributed by atoms with Crippen LogP contribution in [0.25, 0.3) is 10.9 Å². The predicted molar refractivity (Wildman–Crippen MR) is 191 cm³/mol. The Morgan fingerprint density at radius 1 is 0.900 bits per heavy atom. The van der Waals surface area contributed by atoms with Gasteiger partial charge >= 0.3 is 6.03 Å². The van der Waals surface area contributed by atoms with E-state index in [0.29, 0.717) is 18.8 Å². The zero-order valence-electron chi connectivity index (χ0n) is 27.1. The number of amides is 4. The lowest BCUT2D eigenvalue weighted by Crippen LogP contribution is -2.76. The summed E-state index contributed by atoms with van der Waals surface area (Å²) in [5.41, 5.74) is 11.4. The molecular formula is C38H42N8O4. The van der Waals surface area contributed by atoms with Gasteiger partial charge in [0, 0.05) is 37.6 Å². The van der Waals surface area contributed by atoms with E-state index >= 15 is 0 Å². The number of rotatable bonds is 8. The van der Waals surface area contributed by atoms with Gasteiger partial charge in [0.15, 0.2) is 0 Å². The summed E-state index contributed by atoms with van der Waals surface area (Å²) in [4.78, 5) is 45.4. The molecule has 0 aliphatic carbocycles. The number of nitrogens with zero attached hydrogens (tertiary/aromatic N) is 6. The number of likely N-dealkylation sites (N-methyl/N-ethyl adjacent to an activating group) is 1. The Balaban J connectivity index is 0.00000432. The minimum atomic E-state index is -0.873. The molecule has 2 aliphatic rings. The average Bonchev–Trinajstić information content (AvgIpc) is 3.51. The summed E-state index contributed by atoms with van der Waals surface area (Å²) in [6.07, 6.45) is 1.27. The van der Waals surface area contributed by atoms with Crippen molar-refractivity contribution in [2.24, 2.45) is 0 Å². The topological polar surface area (TPSA) is 140 Å². The number of hydrogen-bond donors (Lipinski definition) is 3. The van der Waals surface area contributed by atoms with E-state index < -0.39 is 12.2 Å². The van der Waals surface area contributed by atoms with Crippen molar-refractivity contribution in [3.05, 3.63) is 126 Å². The fourth-order valence-electron chi connectivity index (χ4n) is 6.87. The molecule has 2 atom stereocenters. The number of phenolic OH excluding ortho intramolecular Hbond substituents is 1. The molecule has 3 heterocycles. The third-order valence-electron chi connectivity index (χ3n) is 9.28. The second-order valence-corrected chi connectivity index (χ2v) is 12.5. The van der Waals surface area contributed by atoms with E-state index in [0.717, 1.165) is 33.2 Å². The van der Waals surface area contributed by atoms with Crippen molar-refractivity contribution in [1.82, 2.24) is 34.9 Å². The molecule has 50 heavy (non-hydrogen) atoms. The van der Waals surface area contributed by atoms with Gasteiger partial charge in [-0.2, -0.15) is 5.10 Å². The van der Waals surface area contributed by atoms with E-state index in [4.69, 9.17) is 5.73 Å². The van der Waals surface area contributed by atoms with Crippen LogP contribution in [-0.2, 0) is 35.6 Å². The molecule has 0 spiro atoms. The van der Waals surface area contributed by atoms with Crippen molar-refractivity contribution in [2.45, 2.75) is 45.7 Å². The number of carbonyl (C=O) groups excluding carboxylic acids is 3. The highest BCUT2D eigenvalue weighted by Crippen LogP contribution is 2.30. The van der Waals surface area contributed by atoms with Crippen LogP contribution in [-0.4, -0.2) is 84.9 Å². The number of hydrogen-bond acceptors (Lipinski definition) is 7. The molecule has 4 N–H and O–H groups in total. The second-order valence-electron chi connectivity index (χ2n) is 12.5. The number of aromatic hydroxyl groups is 1. The number of fused-ring (bicyclic) bond motifs is 2. The Labute approximate surface area is 291 Å². The Morgan fingerprint density at radius 3 is 2.38 bits per heavy atom. The molecule has 7 rings (SSSR count). The Kier molecular flexibility index (Phi) is 9.73. The lowest BCUT2D eigenvalue weighted by Gasteiger charge is -2.54. The number of para-hydroxylation sites is 2. The van der Waals surface area contributed by atoms with Gasteiger partial charge in [-0.15, -0.1) is 0 Å². The van der Waals surface area contributed by atoms with Crippen molar-refractivity contribution in [3.63, 3.8) is 0 Å². The molecule has 2 aliphatic heterocycles. The summed E-state index contributed by atoms with van der Waals surface area (Å²) < 4.78 is 1.90. The van der Waals surface area contributed by atoms with Crippen LogP contribution in [0.2, 0.25) is 0 Å². The van der Waals surface area contributed by atoms with Gasteiger partial charge in [0.1, 0.15) is 18.0 Å². The molecule has 12 heteroatoms. The van der Waals surface area contributed by atoms with Gasteiger partial charge in [0.2, 0.25) is 11.8 Å². The van der Waals surface area contributed by atoms with E-state index in [-0.39, 0.29) is 57.1 Å². The number of urea groups is 1. The Morgan fingerprint density at radius 2 is 1.62 bits per heavy atom. The molecule has 2 saturated heterocycles. The summed E-state index contributed by atoms with van der Waals surface area (Å²) in [7, 11) is 1.71. The number of piperazine rings is 1. The molecule has 0 bridgehead atoms. The quantitative estimate of drug-likeness (QED) is 0.210. The second kappa shape index (κ2) is 14.3. The van der Waals surface area contributed by atoms with Crippen LogP contribution in [0.4, 0.5) is 10.5 Å². The van der Waals surface area contributed by atoms with Gasteiger partial charge in [-0.3, -0.25) is 14.3 Å². The zero-order chi connectivity index (χ0) is 34.1. The van der Waals surface area contributed by atoms with E-state index in [1.165, 1.54) is 0 Å². The summed E-state index contributed by atoms with van der Waals surface area (Å²) in [6, 6.07) is 28.5. The third-order valence-corrected chi connectivity index (χ3v) is 9.28. The van der Waals surface area contributed by atoms with Crippen LogP contribution >= 0.6 is 0 Å². The van der Waals surface area contributed by atoms with E-state index in [2.05, 4.69) is 10.4 Å². The number of nitrogens with two attached hydrogens (primary N) is 1. The molecule has 12 nitrogen and oxygen atoms in total. The van der Waals surface area contributed by atoms with Gasteiger partial charge < -0.3 is 26.0 Å². The number of benzene rings is 4. The van der Waals surface area contributed by atoms with Crippen LogP contribution in [0.15, 0.2) is 103 Å². The predicted octanol–water partition coefficient (Wildman–Crippen LogP) is 4.19. The highest BCUT2D eigenvalue weighted by molar-refractivity contribution is 5.92. The van der Waals surface area contributed by atoms with Gasteiger partial charge in [-0.25, -0.2) is 14.8 Å². The largest absolute Gasteiger partial charge is 0.508 e. The van der Waals surface area contributed by atoms with Gasteiger partial charge in [0.25, 0.3) is 0 Å². The van der Waals surface area contributed by atoms with Crippen LogP contribution in [0.1, 0.15) is 29.7 Å². The molecule has 0 unspecified atom stereocenters. The number of anilines is 1. The first-order chi connectivity index (χ1) is 23.8. The maximum Gasteiger partial charge on any atom is 0.334 e. The maximum atomic E-state index is 14.5. The van der Waals surface area contributed by atoms with Gasteiger partial charge in [-0.05, 0) is 40.5 Å². The minimum absolute atomic E-state index is 0. The number of phenols is 1. The zero-order valence-corrected chi connectivity index (χ0v) is 27.1. The maximum absolute atomic E-state index is 14.5. The molecule has 1 aromatic heterocycles. The van der Waals surface area contributed by atoms with E-state index in [1.807, 2.05) is 77.5 Å². The fraction of sp³-hybridized carbons (Fsp3) is 0.263. The Bertz CT molecular complexity index is 2000. The number of nitrogen functional groups attached to an aromatic ring is 1. The molecule has 2 fully saturated rings. The molecule has 4 aromatic carbocycles. The highest BCUT2D eigenvalue weighted by atomic mass is 16.3. The van der Waals surface area contributed by atoms with Gasteiger partial charge in [0.05, 0.1) is 31.3 Å². The molecular weight excluding hydrogens is 632 g/mol. The molecule has 4 amide bonds. The number of carbonyl (C=O) groups is 3. The lowest BCUT2D eigenvalue weighted by atomic mass is 9.98.